The van der Waals surface area contributed by atoms with Crippen molar-refractivity contribution >= 4 is 11.8 Å². The van der Waals surface area contributed by atoms with Crippen molar-refractivity contribution in [3.8, 4) is 0 Å². The van der Waals surface area contributed by atoms with Crippen LogP contribution in [-0.2, 0) is 4.74 Å². The highest BCUT2D eigenvalue weighted by Gasteiger charge is 2.38. The SMILES string of the molecule is CC1CN(C2(CN)CCOCC2)CCS1. The van der Waals surface area contributed by atoms with E-state index in [9.17, 15) is 0 Å². The molecular weight excluding hydrogens is 208 g/mol. The summed E-state index contributed by atoms with van der Waals surface area (Å²) in [7, 11) is 0. The Balaban J connectivity index is 2.03. The van der Waals surface area contributed by atoms with Crippen molar-refractivity contribution in [1.29, 1.82) is 0 Å². The molecule has 0 radical (unpaired) electrons. The van der Waals surface area contributed by atoms with E-state index in [1.807, 2.05) is 0 Å². The second-order valence-corrected chi connectivity index (χ2v) is 6.21. The van der Waals surface area contributed by atoms with Crippen LogP contribution in [-0.4, -0.2) is 54.3 Å². The first-order chi connectivity index (χ1) is 7.27. The first-order valence-corrected chi connectivity index (χ1v) is 6.96. The average molecular weight is 230 g/mol. The molecule has 1 unspecified atom stereocenters. The lowest BCUT2D eigenvalue weighted by Crippen LogP contribution is -2.59. The summed E-state index contributed by atoms with van der Waals surface area (Å²) < 4.78 is 5.46. The number of hydrogen-bond acceptors (Lipinski definition) is 4. The highest BCUT2D eigenvalue weighted by Crippen LogP contribution is 2.31. The summed E-state index contributed by atoms with van der Waals surface area (Å²) in [4.78, 5) is 2.62. The topological polar surface area (TPSA) is 38.5 Å². The molecule has 4 heteroatoms. The van der Waals surface area contributed by atoms with E-state index < -0.39 is 0 Å². The first-order valence-electron chi connectivity index (χ1n) is 5.91. The van der Waals surface area contributed by atoms with E-state index in [1.165, 1.54) is 18.8 Å². The molecule has 3 nitrogen and oxygen atoms in total. The van der Waals surface area contributed by atoms with E-state index in [0.717, 1.165) is 37.9 Å². The molecule has 15 heavy (non-hydrogen) atoms. The molecule has 2 N–H and O–H groups in total. The molecule has 2 heterocycles. The van der Waals surface area contributed by atoms with Gasteiger partial charge in [-0.25, -0.2) is 0 Å². The molecule has 0 spiro atoms. The molecule has 0 bridgehead atoms. The van der Waals surface area contributed by atoms with Gasteiger partial charge in [-0.15, -0.1) is 0 Å². The van der Waals surface area contributed by atoms with Gasteiger partial charge in [0.15, 0.2) is 0 Å². The maximum Gasteiger partial charge on any atom is 0.0484 e. The third-order valence-corrected chi connectivity index (χ3v) is 4.85. The molecule has 2 fully saturated rings. The van der Waals surface area contributed by atoms with E-state index in [0.29, 0.717) is 0 Å². The molecule has 0 aromatic carbocycles. The van der Waals surface area contributed by atoms with E-state index in [-0.39, 0.29) is 5.54 Å². The molecular formula is C11H22N2OS. The summed E-state index contributed by atoms with van der Waals surface area (Å²) in [5, 5.41) is 0.755. The van der Waals surface area contributed by atoms with Crippen molar-refractivity contribution in [1.82, 2.24) is 4.90 Å². The molecule has 0 amide bonds. The predicted molar refractivity (Wildman–Crippen MR) is 65.3 cm³/mol. The van der Waals surface area contributed by atoms with Crippen LogP contribution < -0.4 is 5.73 Å². The molecule has 0 aromatic heterocycles. The zero-order valence-corrected chi connectivity index (χ0v) is 10.4. The maximum atomic E-state index is 6.01. The highest BCUT2D eigenvalue weighted by molar-refractivity contribution is 7.99. The van der Waals surface area contributed by atoms with Crippen molar-refractivity contribution in [2.24, 2.45) is 5.73 Å². The quantitative estimate of drug-likeness (QED) is 0.766. The fourth-order valence-electron chi connectivity index (χ4n) is 2.65. The summed E-state index contributed by atoms with van der Waals surface area (Å²) >= 11 is 2.08. The number of nitrogens with zero attached hydrogens (tertiary/aromatic N) is 1. The van der Waals surface area contributed by atoms with E-state index in [1.54, 1.807) is 0 Å². The third-order valence-electron chi connectivity index (χ3n) is 3.72. The first kappa shape index (κ1) is 11.7. The molecule has 0 saturated carbocycles. The van der Waals surface area contributed by atoms with Crippen LogP contribution in [0.3, 0.4) is 0 Å². The minimum Gasteiger partial charge on any atom is -0.381 e. The van der Waals surface area contributed by atoms with Crippen molar-refractivity contribution in [2.45, 2.75) is 30.6 Å². The van der Waals surface area contributed by atoms with Gasteiger partial charge in [-0.05, 0) is 12.8 Å². The van der Waals surface area contributed by atoms with Gasteiger partial charge in [0.05, 0.1) is 0 Å². The highest BCUT2D eigenvalue weighted by atomic mass is 32.2. The molecule has 2 aliphatic heterocycles. The zero-order valence-electron chi connectivity index (χ0n) is 9.58. The molecule has 2 rings (SSSR count). The largest absolute Gasteiger partial charge is 0.381 e. The van der Waals surface area contributed by atoms with Crippen LogP contribution >= 0.6 is 11.8 Å². The Kier molecular flexibility index (Phi) is 3.93. The number of thioether (sulfide) groups is 1. The molecule has 0 aromatic rings. The van der Waals surface area contributed by atoms with Gasteiger partial charge in [0, 0.05) is 49.4 Å². The molecule has 0 aliphatic carbocycles. The van der Waals surface area contributed by atoms with Gasteiger partial charge in [0.25, 0.3) is 0 Å². The Labute approximate surface area is 96.7 Å². The summed E-state index contributed by atoms with van der Waals surface area (Å²) in [5.41, 5.74) is 6.25. The Hall–Kier alpha value is 0.230. The lowest BCUT2D eigenvalue weighted by Gasteiger charge is -2.48. The van der Waals surface area contributed by atoms with Crippen molar-refractivity contribution in [3.05, 3.63) is 0 Å². The van der Waals surface area contributed by atoms with Crippen LogP contribution in [0.4, 0.5) is 0 Å². The smallest absolute Gasteiger partial charge is 0.0484 e. The van der Waals surface area contributed by atoms with E-state index in [4.69, 9.17) is 10.5 Å². The second kappa shape index (κ2) is 5.04. The Morgan fingerprint density at radius 3 is 2.80 bits per heavy atom. The van der Waals surface area contributed by atoms with Gasteiger partial charge in [-0.1, -0.05) is 6.92 Å². The van der Waals surface area contributed by atoms with Crippen LogP contribution in [0.2, 0.25) is 0 Å². The van der Waals surface area contributed by atoms with Crippen LogP contribution in [0.5, 0.6) is 0 Å². The number of nitrogens with two attached hydrogens (primary N) is 1. The minimum absolute atomic E-state index is 0.244. The van der Waals surface area contributed by atoms with Gasteiger partial charge in [-0.2, -0.15) is 11.8 Å². The van der Waals surface area contributed by atoms with Gasteiger partial charge >= 0.3 is 0 Å². The van der Waals surface area contributed by atoms with Gasteiger partial charge in [0.2, 0.25) is 0 Å². The third kappa shape index (κ3) is 2.49. The van der Waals surface area contributed by atoms with Crippen LogP contribution in [0.15, 0.2) is 0 Å². The molecule has 1 atom stereocenters. The van der Waals surface area contributed by atoms with Crippen molar-refractivity contribution < 1.29 is 4.74 Å². The number of hydrogen-bond donors (Lipinski definition) is 1. The monoisotopic (exact) mass is 230 g/mol. The second-order valence-electron chi connectivity index (χ2n) is 4.67. The minimum atomic E-state index is 0.244. The van der Waals surface area contributed by atoms with E-state index in [2.05, 4.69) is 23.6 Å². The van der Waals surface area contributed by atoms with Crippen molar-refractivity contribution in [2.75, 3.05) is 38.6 Å². The normalized spacial score (nSPS) is 32.8. The summed E-state index contributed by atoms with van der Waals surface area (Å²) in [6, 6.07) is 0. The zero-order chi connectivity index (χ0) is 10.7. The fourth-order valence-corrected chi connectivity index (χ4v) is 3.66. The molecule has 88 valence electrons. The predicted octanol–water partition coefficient (Wildman–Crippen LogP) is 0.932. The Morgan fingerprint density at radius 1 is 1.47 bits per heavy atom. The Bertz CT molecular complexity index is 207. The van der Waals surface area contributed by atoms with Gasteiger partial charge < -0.3 is 10.5 Å². The molecule has 2 saturated heterocycles. The lowest BCUT2D eigenvalue weighted by atomic mass is 9.87. The van der Waals surface area contributed by atoms with Crippen LogP contribution in [0.1, 0.15) is 19.8 Å². The molecule has 2 aliphatic rings. The number of ether oxygens (including phenoxy) is 1. The Morgan fingerprint density at radius 2 is 2.20 bits per heavy atom. The summed E-state index contributed by atoms with van der Waals surface area (Å²) in [6.45, 7) is 7.27. The summed E-state index contributed by atoms with van der Waals surface area (Å²) in [5.74, 6) is 1.25. The number of rotatable bonds is 2. The van der Waals surface area contributed by atoms with Gasteiger partial charge in [0.1, 0.15) is 0 Å². The maximum absolute atomic E-state index is 6.01. The summed E-state index contributed by atoms with van der Waals surface area (Å²) in [6.07, 6.45) is 2.22. The van der Waals surface area contributed by atoms with Crippen molar-refractivity contribution in [3.63, 3.8) is 0 Å². The average Bonchev–Trinajstić information content (AvgIpc) is 2.30. The fraction of sp³-hybridized carbons (Fsp3) is 1.00. The van der Waals surface area contributed by atoms with Gasteiger partial charge in [-0.3, -0.25) is 4.90 Å². The van der Waals surface area contributed by atoms with Crippen LogP contribution in [0, 0.1) is 0 Å². The lowest BCUT2D eigenvalue weighted by molar-refractivity contribution is -0.0224. The standard InChI is InChI=1S/C11H22N2OS/c1-10-8-13(4-7-15-10)11(9-12)2-5-14-6-3-11/h10H,2-9,12H2,1H3. The van der Waals surface area contributed by atoms with E-state index >= 15 is 0 Å². The van der Waals surface area contributed by atoms with Crippen LogP contribution in [0.25, 0.3) is 0 Å².